The van der Waals surface area contributed by atoms with Gasteiger partial charge in [-0.1, -0.05) is 41.9 Å². The van der Waals surface area contributed by atoms with Gasteiger partial charge in [0.15, 0.2) is 6.61 Å². The van der Waals surface area contributed by atoms with E-state index in [4.69, 9.17) is 21.1 Å². The highest BCUT2D eigenvalue weighted by molar-refractivity contribution is 7.92. The minimum atomic E-state index is -3.95. The molecule has 4 rings (SSSR count). The van der Waals surface area contributed by atoms with Crippen molar-refractivity contribution in [1.29, 1.82) is 0 Å². The Morgan fingerprint density at radius 1 is 1.00 bits per heavy atom. The highest BCUT2D eigenvalue weighted by atomic mass is 35.5. The topological polar surface area (TPSA) is 90.0 Å². The third kappa shape index (κ3) is 4.64. The molecule has 0 N–H and O–H groups in total. The summed E-state index contributed by atoms with van der Waals surface area (Å²) in [4.78, 5) is 25.1. The van der Waals surface area contributed by atoms with Gasteiger partial charge >= 0.3 is 5.97 Å². The SMILES string of the molecule is COc1ccccc1C(=O)COC(=O)c1cc(S(=O)(=O)N2CCCc3ccccc32)ccc1Cl. The first kappa shape index (κ1) is 23.8. The quantitative estimate of drug-likeness (QED) is 0.350. The number of aryl methyl sites for hydroxylation is 1. The molecule has 9 heteroatoms. The number of carbonyl (C=O) groups excluding carboxylic acids is 2. The number of fused-ring (bicyclic) bond motifs is 1. The predicted molar refractivity (Wildman–Crippen MR) is 128 cm³/mol. The van der Waals surface area contributed by atoms with Gasteiger partial charge in [0.25, 0.3) is 10.0 Å². The largest absolute Gasteiger partial charge is 0.496 e. The maximum absolute atomic E-state index is 13.4. The van der Waals surface area contributed by atoms with Gasteiger partial charge in [-0.3, -0.25) is 9.10 Å². The molecule has 0 radical (unpaired) electrons. The van der Waals surface area contributed by atoms with Crippen LogP contribution >= 0.6 is 11.6 Å². The van der Waals surface area contributed by atoms with E-state index in [0.29, 0.717) is 24.4 Å². The number of benzene rings is 3. The number of ether oxygens (including phenoxy) is 2. The average molecular weight is 500 g/mol. The molecule has 0 fully saturated rings. The number of ketones is 1. The second kappa shape index (κ2) is 9.87. The molecule has 1 aliphatic heterocycles. The van der Waals surface area contributed by atoms with E-state index in [9.17, 15) is 18.0 Å². The molecule has 0 aromatic heterocycles. The standard InChI is InChI=1S/C25H22ClNO6S/c1-32-24-11-5-3-9-19(24)23(28)16-33-25(29)20-15-18(12-13-21(20)26)34(30,31)27-14-6-8-17-7-2-4-10-22(17)27/h2-5,7,9-13,15H,6,8,14,16H2,1H3. The third-order valence-corrected chi connectivity index (χ3v) is 7.69. The van der Waals surface area contributed by atoms with Crippen LogP contribution in [0.15, 0.2) is 71.6 Å². The van der Waals surface area contributed by atoms with Crippen LogP contribution in [0.2, 0.25) is 5.02 Å². The first-order valence-electron chi connectivity index (χ1n) is 10.6. The molecule has 0 aliphatic carbocycles. The average Bonchev–Trinajstić information content (AvgIpc) is 2.86. The molecular weight excluding hydrogens is 478 g/mol. The molecular formula is C25H22ClNO6S. The molecule has 0 atom stereocenters. The second-order valence-electron chi connectivity index (χ2n) is 7.65. The molecule has 176 valence electrons. The van der Waals surface area contributed by atoms with Crippen LogP contribution in [0.1, 0.15) is 32.7 Å². The van der Waals surface area contributed by atoms with Gasteiger partial charge in [-0.25, -0.2) is 13.2 Å². The normalized spacial score (nSPS) is 13.2. The van der Waals surface area contributed by atoms with Crippen LogP contribution < -0.4 is 9.04 Å². The van der Waals surface area contributed by atoms with E-state index in [1.54, 1.807) is 36.4 Å². The lowest BCUT2D eigenvalue weighted by molar-refractivity contribution is 0.0474. The zero-order valence-electron chi connectivity index (χ0n) is 18.4. The van der Waals surface area contributed by atoms with E-state index in [0.717, 1.165) is 12.0 Å². The van der Waals surface area contributed by atoms with Gasteiger partial charge in [-0.05, 0) is 54.8 Å². The monoisotopic (exact) mass is 499 g/mol. The lowest BCUT2D eigenvalue weighted by atomic mass is 10.0. The van der Waals surface area contributed by atoms with E-state index in [1.165, 1.54) is 29.6 Å². The Morgan fingerprint density at radius 3 is 2.53 bits per heavy atom. The maximum atomic E-state index is 13.4. The molecule has 0 unspecified atom stereocenters. The van der Waals surface area contributed by atoms with E-state index in [-0.39, 0.29) is 21.0 Å². The summed E-state index contributed by atoms with van der Waals surface area (Å²) in [6.45, 7) is -0.221. The summed E-state index contributed by atoms with van der Waals surface area (Å²) in [7, 11) is -2.51. The Labute approximate surface area is 202 Å². The number of rotatable bonds is 7. The van der Waals surface area contributed by atoms with Crippen molar-refractivity contribution in [2.24, 2.45) is 0 Å². The number of para-hydroxylation sites is 2. The van der Waals surface area contributed by atoms with E-state index < -0.39 is 28.4 Å². The molecule has 0 saturated heterocycles. The van der Waals surface area contributed by atoms with Crippen molar-refractivity contribution in [3.05, 3.63) is 88.4 Å². The minimum Gasteiger partial charge on any atom is -0.496 e. The van der Waals surface area contributed by atoms with Crippen LogP contribution in [-0.4, -0.2) is 40.4 Å². The Hall–Kier alpha value is -3.36. The fourth-order valence-corrected chi connectivity index (χ4v) is 5.62. The Bertz CT molecular complexity index is 1360. The first-order chi connectivity index (χ1) is 16.3. The second-order valence-corrected chi connectivity index (χ2v) is 9.92. The molecule has 0 bridgehead atoms. The van der Waals surface area contributed by atoms with Gasteiger partial charge < -0.3 is 9.47 Å². The number of esters is 1. The van der Waals surface area contributed by atoms with Crippen LogP contribution in [-0.2, 0) is 21.2 Å². The summed E-state index contributed by atoms with van der Waals surface area (Å²) < 4.78 is 38.5. The number of anilines is 1. The summed E-state index contributed by atoms with van der Waals surface area (Å²) in [5.41, 5.74) is 1.70. The van der Waals surface area contributed by atoms with Crippen LogP contribution in [0, 0.1) is 0 Å². The lowest BCUT2D eigenvalue weighted by Crippen LogP contribution is -2.35. The third-order valence-electron chi connectivity index (χ3n) is 5.56. The summed E-state index contributed by atoms with van der Waals surface area (Å²) in [6, 6.07) is 17.8. The zero-order valence-corrected chi connectivity index (χ0v) is 19.9. The molecule has 34 heavy (non-hydrogen) atoms. The fourth-order valence-electron chi connectivity index (χ4n) is 3.86. The number of Topliss-reactive ketones (excluding diaryl/α,β-unsaturated/α-hetero) is 1. The van der Waals surface area contributed by atoms with Gasteiger partial charge in [0.05, 0.1) is 33.8 Å². The van der Waals surface area contributed by atoms with Gasteiger partial charge in [-0.15, -0.1) is 0 Å². The van der Waals surface area contributed by atoms with Gasteiger partial charge in [0.1, 0.15) is 5.75 Å². The highest BCUT2D eigenvalue weighted by Crippen LogP contribution is 2.33. The van der Waals surface area contributed by atoms with E-state index in [2.05, 4.69) is 0 Å². The molecule has 1 aliphatic rings. The number of methoxy groups -OCH3 is 1. The van der Waals surface area contributed by atoms with Gasteiger partial charge in [0, 0.05) is 6.54 Å². The number of hydrogen-bond acceptors (Lipinski definition) is 6. The number of sulfonamides is 1. The van der Waals surface area contributed by atoms with Crippen molar-refractivity contribution in [1.82, 2.24) is 0 Å². The van der Waals surface area contributed by atoms with Crippen molar-refractivity contribution in [2.45, 2.75) is 17.7 Å². The molecule has 7 nitrogen and oxygen atoms in total. The Morgan fingerprint density at radius 2 is 1.74 bits per heavy atom. The summed E-state index contributed by atoms with van der Waals surface area (Å²) in [6.07, 6.45) is 1.48. The molecule has 3 aromatic carbocycles. The van der Waals surface area contributed by atoms with Crippen molar-refractivity contribution in [2.75, 3.05) is 24.6 Å². The Balaban J connectivity index is 1.56. The molecule has 1 heterocycles. The number of carbonyl (C=O) groups is 2. The van der Waals surface area contributed by atoms with E-state index >= 15 is 0 Å². The van der Waals surface area contributed by atoms with Crippen molar-refractivity contribution < 1.29 is 27.5 Å². The number of hydrogen-bond donors (Lipinski definition) is 0. The van der Waals surface area contributed by atoms with Gasteiger partial charge in [-0.2, -0.15) is 0 Å². The highest BCUT2D eigenvalue weighted by Gasteiger charge is 2.30. The Kier molecular flexibility index (Phi) is 6.90. The summed E-state index contributed by atoms with van der Waals surface area (Å²) in [5.74, 6) is -1.00. The van der Waals surface area contributed by atoms with Crippen molar-refractivity contribution in [3.63, 3.8) is 0 Å². The van der Waals surface area contributed by atoms with Crippen molar-refractivity contribution in [3.8, 4) is 5.75 Å². The summed E-state index contributed by atoms with van der Waals surface area (Å²) in [5, 5.41) is 0.0211. The number of nitrogens with zero attached hydrogens (tertiary/aromatic N) is 1. The summed E-state index contributed by atoms with van der Waals surface area (Å²) >= 11 is 6.17. The smallest absolute Gasteiger partial charge is 0.340 e. The fraction of sp³-hybridized carbons (Fsp3) is 0.200. The molecule has 3 aromatic rings. The minimum absolute atomic E-state index is 0.0211. The maximum Gasteiger partial charge on any atom is 0.340 e. The van der Waals surface area contributed by atoms with Crippen LogP contribution in [0.3, 0.4) is 0 Å². The predicted octanol–water partition coefficient (Wildman–Crippen LogP) is 4.53. The van der Waals surface area contributed by atoms with Gasteiger partial charge in [0.2, 0.25) is 5.78 Å². The van der Waals surface area contributed by atoms with Crippen LogP contribution in [0.5, 0.6) is 5.75 Å². The van der Waals surface area contributed by atoms with Crippen LogP contribution in [0.4, 0.5) is 5.69 Å². The zero-order chi connectivity index (χ0) is 24.3. The van der Waals surface area contributed by atoms with Crippen molar-refractivity contribution >= 4 is 39.1 Å². The molecule has 0 spiro atoms. The molecule has 0 saturated carbocycles. The first-order valence-corrected chi connectivity index (χ1v) is 12.4. The molecule has 0 amide bonds. The number of halogens is 1. The van der Waals surface area contributed by atoms with Crippen LogP contribution in [0.25, 0.3) is 0 Å². The van der Waals surface area contributed by atoms with E-state index in [1.807, 2.05) is 12.1 Å². The lowest BCUT2D eigenvalue weighted by Gasteiger charge is -2.30.